The third kappa shape index (κ3) is 3.74. The first-order valence-electron chi connectivity index (χ1n) is 3.57. The Hall–Kier alpha value is -0.610. The topological polar surface area (TPSA) is 29.1 Å². The van der Waals surface area contributed by atoms with Crippen LogP contribution in [0.5, 0.6) is 0 Å². The van der Waals surface area contributed by atoms with Crippen LogP contribution in [0.2, 0.25) is 0 Å². The first-order valence-corrected chi connectivity index (χ1v) is 5.16. The monoisotopic (exact) mass is 303 g/mol. The first-order chi connectivity index (χ1) is 6.20. The molecule has 1 aromatic rings. The van der Waals surface area contributed by atoms with Gasteiger partial charge < -0.3 is 5.32 Å². The molecule has 13 heavy (non-hydrogen) atoms. The Bertz CT molecular complexity index is 322. The van der Waals surface area contributed by atoms with Gasteiger partial charge in [0.25, 0.3) is 0 Å². The van der Waals surface area contributed by atoms with Crippen LogP contribution in [0.15, 0.2) is 41.0 Å². The molecular weight excluding hydrogens is 298 g/mol. The largest absolute Gasteiger partial charge is 0.360 e. The maximum absolute atomic E-state index is 10.7. The van der Waals surface area contributed by atoms with Crippen LogP contribution < -0.4 is 5.32 Å². The lowest BCUT2D eigenvalue weighted by molar-refractivity contribution is -0.106. The average Bonchev–Trinajstić information content (AvgIpc) is 2.15. The van der Waals surface area contributed by atoms with Crippen LogP contribution in [-0.2, 0) is 4.79 Å². The van der Waals surface area contributed by atoms with Crippen LogP contribution in [-0.4, -0.2) is 4.69 Å². The lowest BCUT2D eigenvalue weighted by Crippen LogP contribution is -1.91. The highest BCUT2D eigenvalue weighted by Crippen LogP contribution is 2.12. The van der Waals surface area contributed by atoms with Gasteiger partial charge in [0.15, 0.2) is 0 Å². The maximum Gasteiger partial charge on any atom is 0.236 e. The molecule has 0 fully saturated rings. The van der Waals surface area contributed by atoms with Crippen molar-refractivity contribution in [3.63, 3.8) is 0 Å². The number of hydrogen-bond acceptors (Lipinski definition) is 2. The molecule has 0 bridgehead atoms. The predicted octanol–water partition coefficient (Wildman–Crippen LogP) is 3.26. The summed E-state index contributed by atoms with van der Waals surface area (Å²) in [6, 6.07) is 9.59. The third-order valence-electron chi connectivity index (χ3n) is 1.33. The minimum atomic E-state index is -0.184. The van der Waals surface area contributed by atoms with Gasteiger partial charge in [-0.1, -0.05) is 18.2 Å². The molecular formula is C9H7Br2NO. The third-order valence-corrected chi connectivity index (χ3v) is 2.88. The molecule has 0 saturated heterocycles. The Morgan fingerprint density at radius 3 is 2.38 bits per heavy atom. The van der Waals surface area contributed by atoms with Gasteiger partial charge in [0.05, 0.1) is 4.48 Å². The zero-order valence-corrected chi connectivity index (χ0v) is 9.80. The smallest absolute Gasteiger partial charge is 0.236 e. The fraction of sp³-hybridized carbons (Fsp3) is 0. The molecule has 0 spiro atoms. The number of para-hydroxylation sites is 1. The van der Waals surface area contributed by atoms with Gasteiger partial charge in [-0.25, -0.2) is 0 Å². The van der Waals surface area contributed by atoms with Gasteiger partial charge in [0.1, 0.15) is 0 Å². The standard InChI is InChI=1S/C9H7Br2NO/c10-8(9(11)13)6-12-7-4-2-1-3-5-7/h1-6,12H. The van der Waals surface area contributed by atoms with E-state index in [0.717, 1.165) is 5.69 Å². The summed E-state index contributed by atoms with van der Waals surface area (Å²) in [5, 5.41) is 2.97. The lowest BCUT2D eigenvalue weighted by atomic mass is 10.3. The second kappa shape index (κ2) is 5.19. The SMILES string of the molecule is O=C(Br)C(Br)=CNc1ccccc1. The number of carbonyl (C=O) groups is 1. The molecule has 0 aliphatic heterocycles. The molecule has 2 nitrogen and oxygen atoms in total. The molecule has 0 saturated carbocycles. The highest BCUT2D eigenvalue weighted by molar-refractivity contribution is 9.20. The van der Waals surface area contributed by atoms with Gasteiger partial charge in [-0.3, -0.25) is 4.79 Å². The quantitative estimate of drug-likeness (QED) is 0.686. The van der Waals surface area contributed by atoms with E-state index in [0.29, 0.717) is 4.48 Å². The summed E-state index contributed by atoms with van der Waals surface area (Å²) < 4.78 is 0.271. The second-order valence-electron chi connectivity index (χ2n) is 2.28. The van der Waals surface area contributed by atoms with Crippen molar-refractivity contribution in [2.24, 2.45) is 0 Å². The van der Waals surface area contributed by atoms with Crippen molar-refractivity contribution < 1.29 is 4.79 Å². The Morgan fingerprint density at radius 2 is 1.85 bits per heavy atom. The highest BCUT2D eigenvalue weighted by Gasteiger charge is 1.98. The molecule has 4 heteroatoms. The van der Waals surface area contributed by atoms with E-state index in [1.165, 1.54) is 0 Å². The summed E-state index contributed by atoms with van der Waals surface area (Å²) in [4.78, 5) is 10.7. The molecule has 1 rings (SSSR count). The molecule has 0 amide bonds. The molecule has 0 aliphatic rings. The van der Waals surface area contributed by atoms with E-state index in [1.807, 2.05) is 30.3 Å². The molecule has 0 aliphatic carbocycles. The van der Waals surface area contributed by atoms with E-state index in [2.05, 4.69) is 37.2 Å². The summed E-state index contributed by atoms with van der Waals surface area (Å²) >= 11 is 5.92. The summed E-state index contributed by atoms with van der Waals surface area (Å²) in [5.41, 5.74) is 0.938. The van der Waals surface area contributed by atoms with Crippen LogP contribution in [0.4, 0.5) is 5.69 Å². The summed E-state index contributed by atoms with van der Waals surface area (Å²) in [6.07, 6.45) is 1.59. The fourth-order valence-corrected chi connectivity index (χ4v) is 0.967. The number of hydrogen-bond donors (Lipinski definition) is 1. The average molecular weight is 305 g/mol. The van der Waals surface area contributed by atoms with Gasteiger partial charge in [0.2, 0.25) is 4.69 Å². The molecule has 0 aromatic heterocycles. The van der Waals surface area contributed by atoms with Gasteiger partial charge in [-0.15, -0.1) is 0 Å². The van der Waals surface area contributed by atoms with Gasteiger partial charge in [-0.05, 0) is 44.0 Å². The van der Waals surface area contributed by atoms with E-state index >= 15 is 0 Å². The number of benzene rings is 1. The number of anilines is 1. The number of halogens is 2. The molecule has 1 aromatic carbocycles. The Labute approximate surface area is 93.3 Å². The molecule has 68 valence electrons. The van der Waals surface area contributed by atoms with Crippen LogP contribution in [0.25, 0.3) is 0 Å². The highest BCUT2D eigenvalue weighted by atomic mass is 79.9. The zero-order valence-electron chi connectivity index (χ0n) is 6.63. The van der Waals surface area contributed by atoms with Crippen LogP contribution in [0.3, 0.4) is 0 Å². The van der Waals surface area contributed by atoms with E-state index < -0.39 is 0 Å². The molecule has 0 atom stereocenters. The molecule has 0 unspecified atom stereocenters. The van der Waals surface area contributed by atoms with Crippen LogP contribution in [0.1, 0.15) is 0 Å². The van der Waals surface area contributed by atoms with Gasteiger partial charge in [-0.2, -0.15) is 0 Å². The number of carbonyl (C=O) groups excluding carboxylic acids is 1. The van der Waals surface area contributed by atoms with Crippen molar-refractivity contribution in [2.45, 2.75) is 0 Å². The molecule has 0 heterocycles. The van der Waals surface area contributed by atoms with E-state index in [9.17, 15) is 4.79 Å². The van der Waals surface area contributed by atoms with Crippen molar-refractivity contribution >= 4 is 42.2 Å². The minimum Gasteiger partial charge on any atom is -0.360 e. The number of nitrogens with one attached hydrogen (secondary N) is 1. The molecule has 0 radical (unpaired) electrons. The van der Waals surface area contributed by atoms with Gasteiger partial charge >= 0.3 is 0 Å². The van der Waals surface area contributed by atoms with Crippen molar-refractivity contribution in [1.82, 2.24) is 0 Å². The molecule has 1 N–H and O–H groups in total. The first kappa shape index (κ1) is 10.5. The number of rotatable bonds is 3. The van der Waals surface area contributed by atoms with Crippen molar-refractivity contribution in [2.75, 3.05) is 5.32 Å². The van der Waals surface area contributed by atoms with Crippen molar-refractivity contribution in [3.05, 3.63) is 41.0 Å². The zero-order chi connectivity index (χ0) is 9.68. The normalized spacial score (nSPS) is 11.1. The fourth-order valence-electron chi connectivity index (χ4n) is 0.738. The van der Waals surface area contributed by atoms with E-state index in [1.54, 1.807) is 6.20 Å². The Kier molecular flexibility index (Phi) is 4.18. The van der Waals surface area contributed by atoms with E-state index in [4.69, 9.17) is 0 Å². The minimum absolute atomic E-state index is 0.184. The predicted molar refractivity (Wildman–Crippen MR) is 61.0 cm³/mol. The number of allylic oxidation sites excluding steroid dienone is 1. The van der Waals surface area contributed by atoms with Crippen molar-refractivity contribution in [3.8, 4) is 0 Å². The summed E-state index contributed by atoms with van der Waals surface area (Å²) in [5.74, 6) is 0. The summed E-state index contributed by atoms with van der Waals surface area (Å²) in [7, 11) is 0. The van der Waals surface area contributed by atoms with E-state index in [-0.39, 0.29) is 4.69 Å². The lowest BCUT2D eigenvalue weighted by Gasteiger charge is -1.99. The summed E-state index contributed by atoms with van der Waals surface area (Å²) in [6.45, 7) is 0. The van der Waals surface area contributed by atoms with Gasteiger partial charge in [0, 0.05) is 11.9 Å². The van der Waals surface area contributed by atoms with Crippen LogP contribution >= 0.6 is 31.9 Å². The van der Waals surface area contributed by atoms with Crippen LogP contribution in [0, 0.1) is 0 Å². The second-order valence-corrected chi connectivity index (χ2v) is 3.85. The van der Waals surface area contributed by atoms with Crippen molar-refractivity contribution in [1.29, 1.82) is 0 Å². The Balaban J connectivity index is 2.62. The maximum atomic E-state index is 10.7. The Morgan fingerprint density at radius 1 is 1.23 bits per heavy atom.